The number of carbonyl (C=O) groups is 3. The van der Waals surface area contributed by atoms with Crippen LogP contribution in [0.25, 0.3) is 0 Å². The number of ether oxygens (including phenoxy) is 1. The number of pyridine rings is 1. The molecule has 1 unspecified atom stereocenters. The lowest BCUT2D eigenvalue weighted by Crippen LogP contribution is -2.50. The minimum absolute atomic E-state index is 0.00232. The highest BCUT2D eigenvalue weighted by atomic mass is 32.3. The Morgan fingerprint density at radius 1 is 1.16 bits per heavy atom. The van der Waals surface area contributed by atoms with Crippen LogP contribution in [0, 0.1) is 23.5 Å². The van der Waals surface area contributed by atoms with Crippen LogP contribution in [0.2, 0.25) is 0 Å². The maximum atomic E-state index is 14.8. The van der Waals surface area contributed by atoms with E-state index in [0.29, 0.717) is 36.4 Å². The van der Waals surface area contributed by atoms with Gasteiger partial charge in [-0.2, -0.15) is 0 Å². The van der Waals surface area contributed by atoms with E-state index >= 15 is 0 Å². The molecule has 4 rings (SSSR count). The van der Waals surface area contributed by atoms with Gasteiger partial charge in [-0.3, -0.25) is 14.4 Å². The molecule has 200 valence electrons. The van der Waals surface area contributed by atoms with Crippen molar-refractivity contribution in [1.29, 1.82) is 0 Å². The molecule has 2 aromatic rings. The van der Waals surface area contributed by atoms with Crippen molar-refractivity contribution < 1.29 is 33.0 Å². The number of rotatable bonds is 7. The lowest BCUT2D eigenvalue weighted by Gasteiger charge is -2.42. The molecule has 1 aliphatic heterocycles. The molecule has 1 saturated carbocycles. The molecular formula is C26H31F2N3O5S. The van der Waals surface area contributed by atoms with Crippen molar-refractivity contribution >= 4 is 33.5 Å². The lowest BCUT2D eigenvalue weighted by atomic mass is 9.72. The van der Waals surface area contributed by atoms with Crippen LogP contribution >= 0.6 is 10.0 Å². The Morgan fingerprint density at radius 3 is 2.38 bits per heavy atom. The molecule has 0 radical (unpaired) electrons. The molecular weight excluding hydrogens is 504 g/mol. The fourth-order valence-electron chi connectivity index (χ4n) is 5.11. The molecule has 0 bridgehead atoms. The highest BCUT2D eigenvalue weighted by Gasteiger charge is 2.43. The number of carboxylic acid groups (broad SMARTS) is 1. The first-order valence-electron chi connectivity index (χ1n) is 11.9. The summed E-state index contributed by atoms with van der Waals surface area (Å²) in [5.41, 5.74) is 1.07. The summed E-state index contributed by atoms with van der Waals surface area (Å²) < 4.78 is 34.8. The Labute approximate surface area is 215 Å². The number of carbonyl (C=O) groups excluding carboxylic acids is 2. The summed E-state index contributed by atoms with van der Waals surface area (Å²) in [4.78, 5) is 43.9. The first-order valence-corrected chi connectivity index (χ1v) is 14.8. The number of aromatic nitrogens is 1. The molecule has 37 heavy (non-hydrogen) atoms. The second-order valence-corrected chi connectivity index (χ2v) is 14.4. The maximum absolute atomic E-state index is 14.8. The van der Waals surface area contributed by atoms with Crippen LogP contribution < -0.4 is 10.1 Å². The molecule has 2 amide bonds. The average molecular weight is 536 g/mol. The van der Waals surface area contributed by atoms with Crippen LogP contribution in [-0.2, 0) is 20.8 Å². The lowest BCUT2D eigenvalue weighted by molar-refractivity contribution is -0.149. The van der Waals surface area contributed by atoms with E-state index in [1.807, 2.05) is 0 Å². The van der Waals surface area contributed by atoms with Crippen molar-refractivity contribution in [3.05, 3.63) is 47.2 Å². The third-order valence-corrected chi connectivity index (χ3v) is 8.46. The summed E-state index contributed by atoms with van der Waals surface area (Å²) >= 11 is 0. The van der Waals surface area contributed by atoms with Gasteiger partial charge in [0.05, 0.1) is 17.7 Å². The first-order chi connectivity index (χ1) is 17.4. The van der Waals surface area contributed by atoms with Crippen LogP contribution in [0.5, 0.6) is 5.88 Å². The fourth-order valence-corrected chi connectivity index (χ4v) is 6.40. The highest BCUT2D eigenvalue weighted by molar-refractivity contribution is 8.32. The number of halogens is 2. The number of methoxy groups -OCH3 is 1. The highest BCUT2D eigenvalue weighted by Crippen LogP contribution is 2.48. The Kier molecular flexibility index (Phi) is 7.45. The number of nitrogens with one attached hydrogen (secondary N) is 1. The summed E-state index contributed by atoms with van der Waals surface area (Å²) in [6.45, 7) is 0.221. The molecule has 8 nitrogen and oxygen atoms in total. The van der Waals surface area contributed by atoms with E-state index in [1.54, 1.807) is 30.9 Å². The summed E-state index contributed by atoms with van der Waals surface area (Å²) in [6.07, 6.45) is 6.62. The van der Waals surface area contributed by atoms with Crippen LogP contribution in [0.15, 0.2) is 29.2 Å². The van der Waals surface area contributed by atoms with E-state index in [2.05, 4.69) is 10.3 Å². The number of benzene rings is 1. The number of amides is 2. The number of hydrogen-bond donors (Lipinski definition) is 2. The number of aliphatic carboxylic acids is 1. The number of carboxylic acids is 1. The molecule has 1 aromatic carbocycles. The van der Waals surface area contributed by atoms with Crippen molar-refractivity contribution in [2.24, 2.45) is 11.8 Å². The zero-order chi connectivity index (χ0) is 27.1. The Balaban J connectivity index is 1.62. The van der Waals surface area contributed by atoms with Crippen molar-refractivity contribution in [3.63, 3.8) is 0 Å². The molecule has 1 fully saturated rings. The number of hydrogen-bond acceptors (Lipinski definition) is 5. The minimum Gasteiger partial charge on any atom is -0.481 e. The van der Waals surface area contributed by atoms with E-state index in [4.69, 9.17) is 9.84 Å². The van der Waals surface area contributed by atoms with Crippen molar-refractivity contribution in [3.8, 4) is 5.88 Å². The quantitative estimate of drug-likeness (QED) is 0.555. The van der Waals surface area contributed by atoms with E-state index in [1.165, 1.54) is 12.0 Å². The normalized spacial score (nSPS) is 21.5. The van der Waals surface area contributed by atoms with Gasteiger partial charge in [0.1, 0.15) is 17.7 Å². The molecule has 11 heteroatoms. The summed E-state index contributed by atoms with van der Waals surface area (Å²) in [5.74, 6) is -3.31. The predicted molar refractivity (Wildman–Crippen MR) is 136 cm³/mol. The van der Waals surface area contributed by atoms with Gasteiger partial charge in [-0.05, 0) is 55.7 Å². The standard InChI is InChI=1S/C26H31F2N3O5S/c1-36-21-6-5-17-20(30-21)7-8-31(26(35)15-9-14(10-15)11-22(32)33)23(17)25(34)29-16-12-18(27)24(19(28)13-16)37(2,3)4/h5-6,12-15,23H,7-11H2,1-4H3,(H,29,34)(H,32,33)/t14-,15-,23?. The average Bonchev–Trinajstić information content (AvgIpc) is 2.77. The number of fused-ring (bicyclic) bond motifs is 1. The molecule has 1 aromatic heterocycles. The summed E-state index contributed by atoms with van der Waals surface area (Å²) in [6, 6.07) is 4.40. The van der Waals surface area contributed by atoms with Gasteiger partial charge in [0.25, 0.3) is 5.91 Å². The monoisotopic (exact) mass is 535 g/mol. The van der Waals surface area contributed by atoms with Gasteiger partial charge < -0.3 is 20.1 Å². The van der Waals surface area contributed by atoms with E-state index in [0.717, 1.165) is 12.1 Å². The second-order valence-electron chi connectivity index (χ2n) is 10.3. The molecule has 1 atom stereocenters. The Bertz CT molecular complexity index is 1220. The third-order valence-electron chi connectivity index (χ3n) is 6.85. The zero-order valence-corrected chi connectivity index (χ0v) is 22.0. The third kappa shape index (κ3) is 5.56. The van der Waals surface area contributed by atoms with E-state index < -0.39 is 39.6 Å². The van der Waals surface area contributed by atoms with Crippen LogP contribution in [0.4, 0.5) is 14.5 Å². The SMILES string of the molecule is COc1ccc2c(n1)CCN(C(=O)[C@H]1C[C@H](CC(=O)O)C1)C2C(=O)Nc1cc(F)c(S(C)(C)C)c(F)c1. The Hall–Kier alpha value is -3.21. The maximum Gasteiger partial charge on any atom is 0.303 e. The van der Waals surface area contributed by atoms with Crippen LogP contribution in [0.3, 0.4) is 0 Å². The van der Waals surface area contributed by atoms with E-state index in [9.17, 15) is 23.2 Å². The number of anilines is 1. The summed E-state index contributed by atoms with van der Waals surface area (Å²) in [7, 11) is -0.207. The smallest absolute Gasteiger partial charge is 0.303 e. The first kappa shape index (κ1) is 26.8. The summed E-state index contributed by atoms with van der Waals surface area (Å²) in [5, 5.41) is 11.6. The minimum atomic E-state index is -1.69. The van der Waals surface area contributed by atoms with E-state index in [-0.39, 0.29) is 41.3 Å². The zero-order valence-electron chi connectivity index (χ0n) is 21.2. The second kappa shape index (κ2) is 10.3. The fraction of sp³-hybridized carbons (Fsp3) is 0.462. The van der Waals surface area contributed by atoms with Crippen LogP contribution in [-0.4, -0.2) is 65.2 Å². The van der Waals surface area contributed by atoms with Gasteiger partial charge in [0.2, 0.25) is 11.8 Å². The Morgan fingerprint density at radius 2 is 1.81 bits per heavy atom. The van der Waals surface area contributed by atoms with Crippen molar-refractivity contribution in [1.82, 2.24) is 9.88 Å². The molecule has 2 heterocycles. The molecule has 0 spiro atoms. The predicted octanol–water partition coefficient (Wildman–Crippen LogP) is 3.99. The van der Waals surface area contributed by atoms with Gasteiger partial charge in [0.15, 0.2) is 0 Å². The molecule has 0 saturated heterocycles. The largest absolute Gasteiger partial charge is 0.481 e. The van der Waals surface area contributed by atoms with Gasteiger partial charge in [0, 0.05) is 42.6 Å². The van der Waals surface area contributed by atoms with Crippen molar-refractivity contribution in [2.45, 2.75) is 36.6 Å². The van der Waals surface area contributed by atoms with Gasteiger partial charge in [-0.15, -0.1) is 0 Å². The molecule has 2 aliphatic rings. The van der Waals surface area contributed by atoms with Gasteiger partial charge in [-0.1, -0.05) is 0 Å². The van der Waals surface area contributed by atoms with Gasteiger partial charge in [-0.25, -0.2) is 23.8 Å². The molecule has 2 N–H and O–H groups in total. The van der Waals surface area contributed by atoms with Crippen LogP contribution in [0.1, 0.15) is 36.6 Å². The number of nitrogens with zero attached hydrogens (tertiary/aromatic N) is 2. The molecule has 1 aliphatic carbocycles. The van der Waals surface area contributed by atoms with Gasteiger partial charge >= 0.3 is 5.97 Å². The van der Waals surface area contributed by atoms with Crippen molar-refractivity contribution in [2.75, 3.05) is 37.7 Å². The topological polar surface area (TPSA) is 109 Å².